The summed E-state index contributed by atoms with van der Waals surface area (Å²) in [5, 5.41) is 0.650. The highest BCUT2D eigenvalue weighted by Crippen LogP contribution is 2.29. The van der Waals surface area contributed by atoms with Crippen molar-refractivity contribution in [2.75, 3.05) is 39.8 Å². The van der Waals surface area contributed by atoms with Gasteiger partial charge >= 0.3 is 0 Å². The van der Waals surface area contributed by atoms with E-state index < -0.39 is 0 Å². The van der Waals surface area contributed by atoms with Gasteiger partial charge < -0.3 is 14.5 Å². The van der Waals surface area contributed by atoms with Crippen molar-refractivity contribution in [3.63, 3.8) is 0 Å². The van der Waals surface area contributed by atoms with Crippen molar-refractivity contribution >= 4 is 23.6 Å². The van der Waals surface area contributed by atoms with Gasteiger partial charge in [0.25, 0.3) is 5.91 Å². The second-order valence-corrected chi connectivity index (χ2v) is 5.67. The largest absolute Gasteiger partial charge is 0.488 e. The van der Waals surface area contributed by atoms with Crippen LogP contribution in [0.4, 0.5) is 0 Å². The molecule has 0 aliphatic carbocycles. The lowest BCUT2D eigenvalue weighted by Crippen LogP contribution is -2.48. The highest BCUT2D eigenvalue weighted by molar-refractivity contribution is 6.30. The summed E-state index contributed by atoms with van der Waals surface area (Å²) >= 11 is 5.98. The van der Waals surface area contributed by atoms with Crippen molar-refractivity contribution in [3.8, 4) is 5.75 Å². The zero-order valence-electron chi connectivity index (χ0n) is 11.4. The molecule has 1 aromatic carbocycles. The molecule has 20 heavy (non-hydrogen) atoms. The molecule has 1 amide bonds. The molecule has 106 valence electrons. The molecule has 1 aromatic rings. The number of benzene rings is 1. The fraction of sp³-hybridized carbons (Fsp3) is 0.400. The van der Waals surface area contributed by atoms with E-state index in [2.05, 4.69) is 11.9 Å². The zero-order chi connectivity index (χ0) is 14.1. The Bertz CT molecular complexity index is 563. The van der Waals surface area contributed by atoms with Gasteiger partial charge in [0.1, 0.15) is 12.4 Å². The summed E-state index contributed by atoms with van der Waals surface area (Å²) in [5.41, 5.74) is 1.57. The average Bonchev–Trinajstić information content (AvgIpc) is 2.46. The molecule has 0 aromatic heterocycles. The standard InChI is InChI=1S/C15H17ClN2O2/c1-17-4-6-18(7-5-17)15(19)12-8-11-9-13(16)2-3-14(11)20-10-12/h2-3,8-9H,4-7,10H2,1H3. The van der Waals surface area contributed by atoms with Gasteiger partial charge in [-0.2, -0.15) is 0 Å². The van der Waals surface area contributed by atoms with Crippen LogP contribution in [0.15, 0.2) is 23.8 Å². The van der Waals surface area contributed by atoms with Crippen LogP contribution < -0.4 is 4.74 Å². The van der Waals surface area contributed by atoms with Crippen LogP contribution in [0.25, 0.3) is 6.08 Å². The normalized spacial score (nSPS) is 19.1. The Morgan fingerprint density at radius 1 is 1.25 bits per heavy atom. The average molecular weight is 293 g/mol. The molecule has 5 heteroatoms. The third kappa shape index (κ3) is 2.67. The van der Waals surface area contributed by atoms with Crippen molar-refractivity contribution in [2.24, 2.45) is 0 Å². The zero-order valence-corrected chi connectivity index (χ0v) is 12.2. The van der Waals surface area contributed by atoms with Crippen LogP contribution in [0.5, 0.6) is 5.75 Å². The molecule has 4 nitrogen and oxygen atoms in total. The van der Waals surface area contributed by atoms with Gasteiger partial charge in [0, 0.05) is 36.8 Å². The molecule has 0 N–H and O–H groups in total. The SMILES string of the molecule is CN1CCN(C(=O)C2=Cc3cc(Cl)ccc3OC2)CC1. The molecule has 3 rings (SSSR count). The first kappa shape index (κ1) is 13.5. The lowest BCUT2D eigenvalue weighted by Gasteiger charge is -2.33. The lowest BCUT2D eigenvalue weighted by atomic mass is 10.1. The quantitative estimate of drug-likeness (QED) is 0.792. The van der Waals surface area contributed by atoms with Crippen molar-refractivity contribution in [2.45, 2.75) is 0 Å². The third-order valence-electron chi connectivity index (χ3n) is 3.75. The van der Waals surface area contributed by atoms with Crippen molar-refractivity contribution in [1.82, 2.24) is 9.80 Å². The summed E-state index contributed by atoms with van der Waals surface area (Å²) < 4.78 is 5.64. The molecule has 0 saturated carbocycles. The van der Waals surface area contributed by atoms with Crippen LogP contribution in [0.3, 0.4) is 0 Å². The number of likely N-dealkylation sites (N-methyl/N-ethyl adjacent to an activating group) is 1. The first-order valence-corrected chi connectivity index (χ1v) is 7.12. The smallest absolute Gasteiger partial charge is 0.253 e. The van der Waals surface area contributed by atoms with E-state index in [0.29, 0.717) is 17.2 Å². The molecule has 2 aliphatic heterocycles. The summed E-state index contributed by atoms with van der Waals surface area (Å²) in [5.74, 6) is 0.855. The van der Waals surface area contributed by atoms with E-state index in [1.807, 2.05) is 23.1 Å². The fourth-order valence-electron chi connectivity index (χ4n) is 2.48. The minimum Gasteiger partial charge on any atom is -0.488 e. The molecule has 2 aliphatic rings. The Balaban J connectivity index is 1.79. The Morgan fingerprint density at radius 3 is 2.75 bits per heavy atom. The summed E-state index contributed by atoms with van der Waals surface area (Å²) in [6.45, 7) is 3.72. The van der Waals surface area contributed by atoms with E-state index in [0.717, 1.165) is 37.5 Å². The maximum absolute atomic E-state index is 12.5. The van der Waals surface area contributed by atoms with E-state index in [1.54, 1.807) is 6.07 Å². The Morgan fingerprint density at radius 2 is 2.00 bits per heavy atom. The molecule has 0 unspecified atom stereocenters. The van der Waals surface area contributed by atoms with Crippen LogP contribution >= 0.6 is 11.6 Å². The van der Waals surface area contributed by atoms with Gasteiger partial charge in [0.2, 0.25) is 0 Å². The van der Waals surface area contributed by atoms with Crippen LogP contribution in [0.1, 0.15) is 5.56 Å². The highest BCUT2D eigenvalue weighted by Gasteiger charge is 2.24. The monoisotopic (exact) mass is 292 g/mol. The van der Waals surface area contributed by atoms with Gasteiger partial charge in [-0.05, 0) is 31.3 Å². The molecule has 0 radical (unpaired) electrons. The second kappa shape index (κ2) is 5.46. The van der Waals surface area contributed by atoms with Gasteiger partial charge in [0.15, 0.2) is 0 Å². The van der Waals surface area contributed by atoms with Gasteiger partial charge in [-0.15, -0.1) is 0 Å². The topological polar surface area (TPSA) is 32.8 Å². The van der Waals surface area contributed by atoms with E-state index in [9.17, 15) is 4.79 Å². The van der Waals surface area contributed by atoms with Crippen molar-refractivity contribution in [1.29, 1.82) is 0 Å². The van der Waals surface area contributed by atoms with Crippen LogP contribution in [0.2, 0.25) is 5.02 Å². The van der Waals surface area contributed by atoms with Crippen molar-refractivity contribution in [3.05, 3.63) is 34.4 Å². The highest BCUT2D eigenvalue weighted by atomic mass is 35.5. The van der Waals surface area contributed by atoms with Crippen LogP contribution in [-0.4, -0.2) is 55.5 Å². The minimum absolute atomic E-state index is 0.0729. The van der Waals surface area contributed by atoms with Gasteiger partial charge in [0.05, 0.1) is 5.57 Å². The summed E-state index contributed by atoms with van der Waals surface area (Å²) in [4.78, 5) is 16.6. The van der Waals surface area contributed by atoms with E-state index in [4.69, 9.17) is 16.3 Å². The van der Waals surface area contributed by atoms with Gasteiger partial charge in [-0.25, -0.2) is 0 Å². The number of hydrogen-bond acceptors (Lipinski definition) is 3. The molecular formula is C15H17ClN2O2. The number of nitrogens with zero attached hydrogens (tertiary/aromatic N) is 2. The van der Waals surface area contributed by atoms with E-state index in [1.165, 1.54) is 0 Å². The number of fused-ring (bicyclic) bond motifs is 1. The first-order valence-electron chi connectivity index (χ1n) is 6.74. The molecule has 0 atom stereocenters. The number of halogens is 1. The minimum atomic E-state index is 0.0729. The van der Waals surface area contributed by atoms with Gasteiger partial charge in [-0.1, -0.05) is 11.6 Å². The lowest BCUT2D eigenvalue weighted by molar-refractivity contribution is -0.128. The summed E-state index contributed by atoms with van der Waals surface area (Å²) in [6, 6.07) is 5.46. The molecular weight excluding hydrogens is 276 g/mol. The maximum Gasteiger partial charge on any atom is 0.253 e. The predicted octanol–water partition coefficient (Wildman–Crippen LogP) is 1.89. The first-order chi connectivity index (χ1) is 9.63. The fourth-order valence-corrected chi connectivity index (χ4v) is 2.67. The molecule has 0 bridgehead atoms. The number of carbonyl (C=O) groups excluding carboxylic acids is 1. The van der Waals surface area contributed by atoms with Crippen LogP contribution in [0, 0.1) is 0 Å². The number of hydrogen-bond donors (Lipinski definition) is 0. The molecule has 1 saturated heterocycles. The summed E-state index contributed by atoms with van der Waals surface area (Å²) in [6.07, 6.45) is 1.89. The van der Waals surface area contributed by atoms with Gasteiger partial charge in [-0.3, -0.25) is 4.79 Å². The Labute approximate surface area is 123 Å². The Kier molecular flexibility index (Phi) is 3.68. The second-order valence-electron chi connectivity index (χ2n) is 5.24. The number of rotatable bonds is 1. The number of carbonyl (C=O) groups is 1. The Hall–Kier alpha value is -1.52. The number of ether oxygens (including phenoxy) is 1. The van der Waals surface area contributed by atoms with E-state index in [-0.39, 0.29) is 5.91 Å². The molecule has 2 heterocycles. The number of amides is 1. The van der Waals surface area contributed by atoms with E-state index >= 15 is 0 Å². The maximum atomic E-state index is 12.5. The predicted molar refractivity (Wildman–Crippen MR) is 79.0 cm³/mol. The van der Waals surface area contributed by atoms with Crippen LogP contribution in [-0.2, 0) is 4.79 Å². The third-order valence-corrected chi connectivity index (χ3v) is 3.99. The van der Waals surface area contributed by atoms with Crippen molar-refractivity contribution < 1.29 is 9.53 Å². The number of piperazine rings is 1. The molecule has 1 fully saturated rings. The molecule has 0 spiro atoms. The summed E-state index contributed by atoms with van der Waals surface area (Å²) in [7, 11) is 2.07.